The summed E-state index contributed by atoms with van der Waals surface area (Å²) in [5, 5.41) is 6.11. The van der Waals surface area contributed by atoms with Gasteiger partial charge in [-0.15, -0.1) is 0 Å². The Morgan fingerprint density at radius 3 is 2.68 bits per heavy atom. The van der Waals surface area contributed by atoms with E-state index in [4.69, 9.17) is 4.98 Å². The summed E-state index contributed by atoms with van der Waals surface area (Å²) < 4.78 is 1.18. The van der Waals surface area contributed by atoms with Gasteiger partial charge in [0.2, 0.25) is 0 Å². The van der Waals surface area contributed by atoms with Crippen LogP contribution >= 0.6 is 11.3 Å². The van der Waals surface area contributed by atoms with Crippen molar-refractivity contribution in [1.29, 1.82) is 0 Å². The molecule has 6 nitrogen and oxygen atoms in total. The number of fused-ring (bicyclic) bond motifs is 1. The van der Waals surface area contributed by atoms with Crippen LogP contribution in [-0.2, 0) is 4.79 Å². The van der Waals surface area contributed by atoms with Gasteiger partial charge < -0.3 is 10.2 Å². The van der Waals surface area contributed by atoms with Gasteiger partial charge in [-0.3, -0.25) is 10.1 Å². The predicted molar refractivity (Wildman–Crippen MR) is 85.2 cm³/mol. The number of piperidine rings is 1. The number of nitrogens with zero attached hydrogens (tertiary/aromatic N) is 2. The van der Waals surface area contributed by atoms with Gasteiger partial charge in [-0.1, -0.05) is 23.5 Å². The van der Waals surface area contributed by atoms with Gasteiger partial charge >= 0.3 is 6.03 Å². The lowest BCUT2D eigenvalue weighted by molar-refractivity contribution is -0.124. The molecule has 7 heteroatoms. The third kappa shape index (κ3) is 1.96. The lowest BCUT2D eigenvalue weighted by atomic mass is 9.88. The van der Waals surface area contributed by atoms with E-state index in [-0.39, 0.29) is 11.9 Å². The average Bonchev–Trinajstić information content (AvgIpc) is 3.03. The fourth-order valence-electron chi connectivity index (χ4n) is 3.17. The minimum atomic E-state index is -0.722. The van der Waals surface area contributed by atoms with Crippen molar-refractivity contribution >= 4 is 38.6 Å². The van der Waals surface area contributed by atoms with Crippen LogP contribution in [0, 0.1) is 6.92 Å². The monoisotopic (exact) mass is 316 g/mol. The number of imide groups is 1. The molecule has 1 spiro atoms. The predicted octanol–water partition coefficient (Wildman–Crippen LogP) is 1.78. The van der Waals surface area contributed by atoms with Crippen LogP contribution in [0.2, 0.25) is 0 Å². The maximum absolute atomic E-state index is 12.0. The molecule has 2 aliphatic rings. The average molecular weight is 316 g/mol. The largest absolute Gasteiger partial charge is 0.348 e. The van der Waals surface area contributed by atoms with Crippen molar-refractivity contribution in [2.45, 2.75) is 25.3 Å². The van der Waals surface area contributed by atoms with E-state index < -0.39 is 5.54 Å². The normalized spacial score (nSPS) is 20.5. The summed E-state index contributed by atoms with van der Waals surface area (Å²) in [7, 11) is 0. The van der Waals surface area contributed by atoms with Gasteiger partial charge in [-0.2, -0.15) is 0 Å². The first-order valence-corrected chi connectivity index (χ1v) is 8.14. The number of hydrogen-bond acceptors (Lipinski definition) is 5. The van der Waals surface area contributed by atoms with Crippen LogP contribution in [0.4, 0.5) is 9.93 Å². The highest BCUT2D eigenvalue weighted by Crippen LogP contribution is 2.34. The van der Waals surface area contributed by atoms with Crippen molar-refractivity contribution in [3.8, 4) is 0 Å². The minimum absolute atomic E-state index is 0.197. The van der Waals surface area contributed by atoms with Gasteiger partial charge in [0, 0.05) is 13.1 Å². The molecule has 0 bridgehead atoms. The van der Waals surface area contributed by atoms with E-state index in [9.17, 15) is 9.59 Å². The molecule has 2 saturated heterocycles. The number of para-hydroxylation sites is 1. The number of nitrogens with one attached hydrogen (secondary N) is 2. The highest BCUT2D eigenvalue weighted by atomic mass is 32.1. The van der Waals surface area contributed by atoms with Gasteiger partial charge in [-0.05, 0) is 31.4 Å². The Kier molecular flexibility index (Phi) is 2.87. The first-order chi connectivity index (χ1) is 10.6. The Hall–Kier alpha value is -2.15. The van der Waals surface area contributed by atoms with E-state index in [2.05, 4.69) is 34.6 Å². The molecule has 0 saturated carbocycles. The molecule has 22 heavy (non-hydrogen) atoms. The molecule has 2 aromatic rings. The van der Waals surface area contributed by atoms with E-state index in [1.54, 1.807) is 11.3 Å². The minimum Gasteiger partial charge on any atom is -0.348 e. The van der Waals surface area contributed by atoms with Gasteiger partial charge in [0.25, 0.3) is 5.91 Å². The second-order valence-electron chi connectivity index (χ2n) is 5.90. The third-order valence-corrected chi connectivity index (χ3v) is 5.59. The van der Waals surface area contributed by atoms with Crippen molar-refractivity contribution < 1.29 is 9.59 Å². The Balaban J connectivity index is 1.57. The number of urea groups is 1. The van der Waals surface area contributed by atoms with Gasteiger partial charge in [0.15, 0.2) is 5.13 Å². The van der Waals surface area contributed by atoms with Crippen molar-refractivity contribution in [3.05, 3.63) is 23.8 Å². The van der Waals surface area contributed by atoms with Crippen LogP contribution in [-0.4, -0.2) is 35.6 Å². The number of aromatic nitrogens is 1. The van der Waals surface area contributed by atoms with E-state index in [0.717, 1.165) is 10.6 Å². The topological polar surface area (TPSA) is 74.3 Å². The second-order valence-corrected chi connectivity index (χ2v) is 6.90. The molecular formula is C15H16N4O2S. The molecule has 114 valence electrons. The molecule has 0 radical (unpaired) electrons. The fraction of sp³-hybridized carbons (Fsp3) is 0.400. The smallest absolute Gasteiger partial charge is 0.322 e. The molecule has 3 amide bonds. The van der Waals surface area contributed by atoms with Crippen LogP contribution in [0.25, 0.3) is 10.2 Å². The number of aryl methyl sites for hydroxylation is 1. The summed E-state index contributed by atoms with van der Waals surface area (Å²) >= 11 is 1.68. The lowest BCUT2D eigenvalue weighted by Gasteiger charge is -2.36. The Morgan fingerprint density at radius 1 is 1.27 bits per heavy atom. The van der Waals surface area contributed by atoms with E-state index >= 15 is 0 Å². The van der Waals surface area contributed by atoms with Crippen LogP contribution in [0.5, 0.6) is 0 Å². The number of carbonyl (C=O) groups is 2. The first-order valence-electron chi connectivity index (χ1n) is 7.32. The van der Waals surface area contributed by atoms with E-state index in [1.165, 1.54) is 10.3 Å². The second kappa shape index (κ2) is 4.67. The SMILES string of the molecule is Cc1cccc2sc(N3CCC4(CC3)NC(=O)NC4=O)nc12. The number of amides is 3. The standard InChI is InChI=1S/C15H16N4O2S/c1-9-3-2-4-10-11(9)16-14(22-10)19-7-5-15(6-8-19)12(20)17-13(21)18-15/h2-4H,5-8H2,1H3,(H2,17,18,20,21). The molecular weight excluding hydrogens is 300 g/mol. The molecule has 3 heterocycles. The molecule has 0 aliphatic carbocycles. The summed E-state index contributed by atoms with van der Waals surface area (Å²) in [5.74, 6) is -0.197. The van der Waals surface area contributed by atoms with Crippen LogP contribution in [0.3, 0.4) is 0 Å². The first kappa shape index (κ1) is 13.5. The summed E-state index contributed by atoms with van der Waals surface area (Å²) in [5.41, 5.74) is 1.51. The van der Waals surface area contributed by atoms with E-state index in [1.807, 2.05) is 6.07 Å². The summed E-state index contributed by atoms with van der Waals surface area (Å²) in [4.78, 5) is 30.3. The Morgan fingerprint density at radius 2 is 2.05 bits per heavy atom. The molecule has 2 aliphatic heterocycles. The van der Waals surface area contributed by atoms with Crippen LogP contribution in [0.15, 0.2) is 18.2 Å². The zero-order valence-electron chi connectivity index (χ0n) is 12.2. The molecule has 1 aromatic carbocycles. The lowest BCUT2D eigenvalue weighted by Crippen LogP contribution is -2.54. The maximum Gasteiger partial charge on any atom is 0.322 e. The van der Waals surface area contributed by atoms with Crippen molar-refractivity contribution in [3.63, 3.8) is 0 Å². The Bertz CT molecular complexity index is 777. The number of rotatable bonds is 1. The fourth-order valence-corrected chi connectivity index (χ4v) is 4.26. The van der Waals surface area contributed by atoms with Gasteiger partial charge in [-0.25, -0.2) is 9.78 Å². The highest BCUT2D eigenvalue weighted by molar-refractivity contribution is 7.22. The highest BCUT2D eigenvalue weighted by Gasteiger charge is 2.48. The quantitative estimate of drug-likeness (QED) is 0.787. The summed E-state index contributed by atoms with van der Waals surface area (Å²) in [6.07, 6.45) is 1.22. The summed E-state index contributed by atoms with van der Waals surface area (Å²) in [6.45, 7) is 3.49. The Labute approximate surface area is 131 Å². The molecule has 0 atom stereocenters. The van der Waals surface area contributed by atoms with Crippen molar-refractivity contribution in [2.75, 3.05) is 18.0 Å². The molecule has 2 fully saturated rings. The number of thiazole rings is 1. The molecule has 1 aromatic heterocycles. The number of anilines is 1. The van der Waals surface area contributed by atoms with Crippen LogP contribution in [0.1, 0.15) is 18.4 Å². The molecule has 0 unspecified atom stereocenters. The molecule has 4 rings (SSSR count). The number of hydrogen-bond donors (Lipinski definition) is 2. The van der Waals surface area contributed by atoms with Gasteiger partial charge in [0.05, 0.1) is 10.2 Å². The number of benzene rings is 1. The van der Waals surface area contributed by atoms with E-state index in [0.29, 0.717) is 25.9 Å². The summed E-state index contributed by atoms with van der Waals surface area (Å²) in [6, 6.07) is 5.81. The number of carbonyl (C=O) groups excluding carboxylic acids is 2. The van der Waals surface area contributed by atoms with Crippen LogP contribution < -0.4 is 15.5 Å². The zero-order valence-corrected chi connectivity index (χ0v) is 13.0. The third-order valence-electron chi connectivity index (χ3n) is 4.51. The van der Waals surface area contributed by atoms with Crippen molar-refractivity contribution in [1.82, 2.24) is 15.6 Å². The maximum atomic E-state index is 12.0. The van der Waals surface area contributed by atoms with Crippen molar-refractivity contribution in [2.24, 2.45) is 0 Å². The zero-order chi connectivity index (χ0) is 15.3. The van der Waals surface area contributed by atoms with Gasteiger partial charge in [0.1, 0.15) is 5.54 Å². The molecule has 2 N–H and O–H groups in total.